The van der Waals surface area contributed by atoms with Crippen LogP contribution in [0.2, 0.25) is 5.28 Å². The summed E-state index contributed by atoms with van der Waals surface area (Å²) < 4.78 is 19.5. The van der Waals surface area contributed by atoms with Crippen molar-refractivity contribution in [1.82, 2.24) is 19.7 Å². The van der Waals surface area contributed by atoms with Crippen LogP contribution in [0, 0.1) is 0 Å². The van der Waals surface area contributed by atoms with E-state index in [2.05, 4.69) is 20.4 Å². The van der Waals surface area contributed by atoms with Crippen molar-refractivity contribution in [3.8, 4) is 0 Å². The average Bonchev–Trinajstić information content (AvgIpc) is 3.07. The van der Waals surface area contributed by atoms with Crippen LogP contribution in [0.4, 0.5) is 5.82 Å². The summed E-state index contributed by atoms with van der Waals surface area (Å²) >= 11 is 6.14. The smallest absolute Gasteiger partial charge is 0.226 e. The minimum atomic E-state index is -0.751. The number of rotatable bonds is 4. The quantitative estimate of drug-likeness (QED) is 0.767. The van der Waals surface area contributed by atoms with Gasteiger partial charge in [-0.2, -0.15) is 15.1 Å². The average molecular weight is 382 g/mol. The Bertz CT molecular complexity index is 855. The van der Waals surface area contributed by atoms with Crippen molar-refractivity contribution >= 4 is 28.5 Å². The van der Waals surface area contributed by atoms with E-state index in [1.165, 1.54) is 0 Å². The van der Waals surface area contributed by atoms with Gasteiger partial charge < -0.3 is 24.6 Å². The summed E-state index contributed by atoms with van der Waals surface area (Å²) in [7, 11) is 0. The minimum absolute atomic E-state index is 0.138. The lowest BCUT2D eigenvalue weighted by atomic mass is 10.1. The standard InChI is InChI=1S/C16H20ClN5O4/c1-16(2)25-10-9(6-23)24-14(11(10)26-16)22-13-8(5-18-22)12(19-7-3-4-7)20-15(17)21-13/h5,7,9-11,14,23H,3-4,6H2,1-2H3,(H,19,20,21)/t9-,10-,11-,14-/m1/s1. The van der Waals surface area contributed by atoms with Crippen molar-refractivity contribution in [1.29, 1.82) is 0 Å². The molecule has 2 aromatic rings. The molecule has 1 aliphatic carbocycles. The zero-order valence-corrected chi connectivity index (χ0v) is 15.2. The second-order valence-corrected chi connectivity index (χ2v) is 7.74. The molecule has 0 amide bonds. The first kappa shape index (κ1) is 16.6. The predicted octanol–water partition coefficient (Wildman–Crippen LogP) is 1.46. The molecule has 0 spiro atoms. The van der Waals surface area contributed by atoms with Gasteiger partial charge in [-0.15, -0.1) is 0 Å². The summed E-state index contributed by atoms with van der Waals surface area (Å²) in [5.41, 5.74) is 0.559. The first-order valence-corrected chi connectivity index (χ1v) is 9.12. The number of anilines is 1. The van der Waals surface area contributed by atoms with Crippen LogP contribution in [0.1, 0.15) is 32.9 Å². The van der Waals surface area contributed by atoms with Crippen molar-refractivity contribution in [2.75, 3.05) is 11.9 Å². The lowest BCUT2D eigenvalue weighted by Gasteiger charge is -2.23. The van der Waals surface area contributed by atoms with Gasteiger partial charge in [0.1, 0.15) is 24.1 Å². The van der Waals surface area contributed by atoms with E-state index in [-0.39, 0.29) is 18.0 Å². The maximum Gasteiger partial charge on any atom is 0.226 e. The van der Waals surface area contributed by atoms with E-state index in [9.17, 15) is 5.11 Å². The first-order chi connectivity index (χ1) is 12.4. The number of aliphatic hydroxyl groups excluding tert-OH is 1. The Morgan fingerprint density at radius 2 is 2.08 bits per heavy atom. The maximum absolute atomic E-state index is 9.66. The van der Waals surface area contributed by atoms with Gasteiger partial charge in [0.25, 0.3) is 0 Å². The highest BCUT2D eigenvalue weighted by molar-refractivity contribution is 6.28. The van der Waals surface area contributed by atoms with Gasteiger partial charge in [-0.05, 0) is 38.3 Å². The van der Waals surface area contributed by atoms with Crippen LogP contribution in [0.3, 0.4) is 0 Å². The molecule has 1 saturated carbocycles. The summed E-state index contributed by atoms with van der Waals surface area (Å²) in [6, 6.07) is 0.422. The number of nitrogens with one attached hydrogen (secondary N) is 1. The second kappa shape index (κ2) is 5.74. The van der Waals surface area contributed by atoms with Gasteiger partial charge in [0.05, 0.1) is 18.2 Å². The first-order valence-electron chi connectivity index (χ1n) is 8.74. The summed E-state index contributed by atoms with van der Waals surface area (Å²) in [6.07, 6.45) is 2.08. The fourth-order valence-electron chi connectivity index (χ4n) is 3.62. The molecule has 4 heterocycles. The SMILES string of the molecule is CC1(C)O[C@@H]2[C@H](O1)[C@@H](CO)O[C@H]2n1ncc2c(NC3CC3)nc(Cl)nc21. The molecule has 26 heavy (non-hydrogen) atoms. The number of ether oxygens (including phenoxy) is 3. The van der Waals surface area contributed by atoms with Gasteiger partial charge >= 0.3 is 0 Å². The zero-order valence-electron chi connectivity index (χ0n) is 14.4. The number of halogens is 1. The molecule has 2 aliphatic heterocycles. The zero-order chi connectivity index (χ0) is 18.1. The van der Waals surface area contributed by atoms with Crippen LogP contribution < -0.4 is 5.32 Å². The predicted molar refractivity (Wildman–Crippen MR) is 91.8 cm³/mol. The maximum atomic E-state index is 9.66. The van der Waals surface area contributed by atoms with Gasteiger partial charge in [-0.1, -0.05) is 0 Å². The van der Waals surface area contributed by atoms with Crippen molar-refractivity contribution in [2.24, 2.45) is 0 Å². The molecule has 3 aliphatic rings. The van der Waals surface area contributed by atoms with E-state index in [0.717, 1.165) is 18.2 Å². The van der Waals surface area contributed by atoms with E-state index < -0.39 is 24.2 Å². The highest BCUT2D eigenvalue weighted by Crippen LogP contribution is 2.43. The molecular weight excluding hydrogens is 362 g/mol. The summed E-state index contributed by atoms with van der Waals surface area (Å²) in [5, 5.41) is 18.4. The Morgan fingerprint density at radius 1 is 1.31 bits per heavy atom. The second-order valence-electron chi connectivity index (χ2n) is 7.40. The number of aliphatic hydroxyl groups is 1. The van der Waals surface area contributed by atoms with E-state index in [1.807, 2.05) is 13.8 Å². The molecule has 3 fully saturated rings. The highest BCUT2D eigenvalue weighted by atomic mass is 35.5. The van der Waals surface area contributed by atoms with Gasteiger partial charge in [-0.25, -0.2) is 4.68 Å². The topological polar surface area (TPSA) is 104 Å². The molecule has 2 N–H and O–H groups in total. The van der Waals surface area contributed by atoms with Crippen molar-refractivity contribution in [2.45, 2.75) is 63.1 Å². The molecule has 140 valence electrons. The van der Waals surface area contributed by atoms with Crippen LogP contribution in [0.15, 0.2) is 6.20 Å². The van der Waals surface area contributed by atoms with E-state index >= 15 is 0 Å². The third kappa shape index (κ3) is 2.66. The molecule has 2 aromatic heterocycles. The summed E-state index contributed by atoms with van der Waals surface area (Å²) in [4.78, 5) is 8.64. The van der Waals surface area contributed by atoms with Crippen LogP contribution in [0.25, 0.3) is 11.0 Å². The summed E-state index contributed by atoms with van der Waals surface area (Å²) in [6.45, 7) is 3.52. The number of nitrogens with zero attached hydrogens (tertiary/aromatic N) is 4. The molecule has 0 bridgehead atoms. The number of aromatic nitrogens is 4. The van der Waals surface area contributed by atoms with E-state index in [0.29, 0.717) is 17.5 Å². The fraction of sp³-hybridized carbons (Fsp3) is 0.688. The number of hydrogen-bond acceptors (Lipinski definition) is 8. The molecule has 5 rings (SSSR count). The third-order valence-electron chi connectivity index (χ3n) is 4.89. The molecule has 0 radical (unpaired) electrons. The lowest BCUT2D eigenvalue weighted by Crippen LogP contribution is -2.31. The molecule has 10 heteroatoms. The summed E-state index contributed by atoms with van der Waals surface area (Å²) in [5.74, 6) is -0.0788. The Balaban J connectivity index is 1.55. The van der Waals surface area contributed by atoms with Crippen LogP contribution in [-0.4, -0.2) is 61.6 Å². The normalized spacial score (nSPS) is 32.9. The third-order valence-corrected chi connectivity index (χ3v) is 5.06. The van der Waals surface area contributed by atoms with E-state index in [1.54, 1.807) is 10.9 Å². The van der Waals surface area contributed by atoms with Gasteiger partial charge in [0.2, 0.25) is 5.28 Å². The van der Waals surface area contributed by atoms with E-state index in [4.69, 9.17) is 25.8 Å². The Hall–Kier alpha value is -1.52. The van der Waals surface area contributed by atoms with Crippen molar-refractivity contribution in [3.05, 3.63) is 11.5 Å². The number of fused-ring (bicyclic) bond motifs is 2. The van der Waals surface area contributed by atoms with Crippen LogP contribution in [0.5, 0.6) is 0 Å². The van der Waals surface area contributed by atoms with Gasteiger partial charge in [-0.3, -0.25) is 0 Å². The van der Waals surface area contributed by atoms with Crippen LogP contribution in [-0.2, 0) is 14.2 Å². The molecular formula is C16H20ClN5O4. The highest BCUT2D eigenvalue weighted by Gasteiger charge is 2.56. The fourth-order valence-corrected chi connectivity index (χ4v) is 3.78. The largest absolute Gasteiger partial charge is 0.394 e. The molecule has 9 nitrogen and oxygen atoms in total. The Labute approximate surface area is 154 Å². The molecule has 2 saturated heterocycles. The molecule has 4 atom stereocenters. The minimum Gasteiger partial charge on any atom is -0.394 e. The number of hydrogen-bond donors (Lipinski definition) is 2. The monoisotopic (exact) mass is 381 g/mol. The Kier molecular flexibility index (Phi) is 3.67. The Morgan fingerprint density at radius 3 is 2.81 bits per heavy atom. The molecule has 0 unspecified atom stereocenters. The van der Waals surface area contributed by atoms with Gasteiger partial charge in [0, 0.05) is 6.04 Å². The van der Waals surface area contributed by atoms with Crippen molar-refractivity contribution < 1.29 is 19.3 Å². The van der Waals surface area contributed by atoms with Crippen LogP contribution >= 0.6 is 11.6 Å². The van der Waals surface area contributed by atoms with Gasteiger partial charge in [0.15, 0.2) is 17.7 Å². The van der Waals surface area contributed by atoms with Crippen molar-refractivity contribution in [3.63, 3.8) is 0 Å². The molecule has 0 aromatic carbocycles. The lowest BCUT2D eigenvalue weighted by molar-refractivity contribution is -0.201.